The first-order valence-electron chi connectivity index (χ1n) is 11.0. The van der Waals surface area contributed by atoms with E-state index in [1.54, 1.807) is 21.3 Å². The van der Waals surface area contributed by atoms with E-state index >= 15 is 0 Å². The average molecular weight is 439 g/mol. The van der Waals surface area contributed by atoms with E-state index in [-0.39, 0.29) is 5.92 Å². The zero-order valence-electron chi connectivity index (χ0n) is 20.7. The molecule has 0 aliphatic carbocycles. The molecule has 0 bridgehead atoms. The summed E-state index contributed by atoms with van der Waals surface area (Å²) in [6.45, 7) is 8.01. The van der Waals surface area contributed by atoms with Gasteiger partial charge in [-0.15, -0.1) is 6.42 Å². The number of hydrogen-bond acceptors (Lipinski definition) is 5. The lowest BCUT2D eigenvalue weighted by Gasteiger charge is -2.32. The van der Waals surface area contributed by atoms with Crippen molar-refractivity contribution in [1.29, 1.82) is 5.26 Å². The Morgan fingerprint density at radius 1 is 1.19 bits per heavy atom. The van der Waals surface area contributed by atoms with Gasteiger partial charge in [0.15, 0.2) is 17.3 Å². The highest BCUT2D eigenvalue weighted by atomic mass is 16.5. The standard InChI is InChI=1S/C27H38N2O3/c1-9-22(18-24(10-2)30-6)14-17-29(5)16-11-15-27(20-28,21(3)4)23-12-13-25(31-7)26(19-23)32-8/h2,9,12-13,18-19,21H,11,14-17H2,1,3-8H3/b22-9-,24-18+. The monoisotopic (exact) mass is 438 g/mol. The second kappa shape index (κ2) is 13.5. The molecule has 0 saturated carbocycles. The third kappa shape index (κ3) is 7.08. The first kappa shape index (κ1) is 27.1. The molecule has 0 aliphatic rings. The summed E-state index contributed by atoms with van der Waals surface area (Å²) >= 11 is 0. The van der Waals surface area contributed by atoms with Crippen LogP contribution < -0.4 is 9.47 Å². The predicted octanol–water partition coefficient (Wildman–Crippen LogP) is 5.33. The molecule has 174 valence electrons. The van der Waals surface area contributed by atoms with Gasteiger partial charge in [-0.3, -0.25) is 0 Å². The Morgan fingerprint density at radius 3 is 2.38 bits per heavy atom. The molecule has 1 unspecified atom stereocenters. The van der Waals surface area contributed by atoms with Gasteiger partial charge >= 0.3 is 0 Å². The van der Waals surface area contributed by atoms with Crippen LogP contribution in [0, 0.1) is 29.6 Å². The van der Waals surface area contributed by atoms with Crippen molar-refractivity contribution < 1.29 is 14.2 Å². The predicted molar refractivity (Wildman–Crippen MR) is 131 cm³/mol. The van der Waals surface area contributed by atoms with Gasteiger partial charge in [0.05, 0.1) is 32.8 Å². The fourth-order valence-electron chi connectivity index (χ4n) is 3.82. The zero-order chi connectivity index (χ0) is 24.1. The molecule has 1 aromatic rings. The molecule has 32 heavy (non-hydrogen) atoms. The Labute approximate surface area is 194 Å². The quantitative estimate of drug-likeness (QED) is 0.237. The molecule has 1 aromatic carbocycles. The summed E-state index contributed by atoms with van der Waals surface area (Å²) in [7, 11) is 6.92. The molecular weight excluding hydrogens is 400 g/mol. The minimum atomic E-state index is -0.586. The van der Waals surface area contributed by atoms with Gasteiger partial charge in [-0.25, -0.2) is 0 Å². The fourth-order valence-corrected chi connectivity index (χ4v) is 3.82. The van der Waals surface area contributed by atoms with E-state index in [9.17, 15) is 5.26 Å². The van der Waals surface area contributed by atoms with Crippen molar-refractivity contribution in [1.82, 2.24) is 4.90 Å². The largest absolute Gasteiger partial charge is 0.493 e. The number of methoxy groups -OCH3 is 3. The Balaban J connectivity index is 2.85. The second-order valence-electron chi connectivity index (χ2n) is 8.19. The summed E-state index contributed by atoms with van der Waals surface area (Å²) in [6.07, 6.45) is 12.0. The number of rotatable bonds is 13. The van der Waals surface area contributed by atoms with Crippen LogP contribution in [0.2, 0.25) is 0 Å². The molecule has 0 fully saturated rings. The number of hydrogen-bond donors (Lipinski definition) is 0. The lowest BCUT2D eigenvalue weighted by Crippen LogP contribution is -2.32. The molecule has 0 aromatic heterocycles. The van der Waals surface area contributed by atoms with Crippen molar-refractivity contribution in [2.24, 2.45) is 5.92 Å². The zero-order valence-corrected chi connectivity index (χ0v) is 20.7. The Morgan fingerprint density at radius 2 is 1.88 bits per heavy atom. The van der Waals surface area contributed by atoms with Gasteiger partial charge in [0.1, 0.15) is 0 Å². The van der Waals surface area contributed by atoms with Gasteiger partial charge in [0.2, 0.25) is 0 Å². The Kier molecular flexibility index (Phi) is 11.5. The van der Waals surface area contributed by atoms with Crippen LogP contribution in [0.25, 0.3) is 0 Å². The molecule has 0 spiro atoms. The summed E-state index contributed by atoms with van der Waals surface area (Å²) in [5, 5.41) is 10.2. The van der Waals surface area contributed by atoms with Crippen molar-refractivity contribution in [3.63, 3.8) is 0 Å². The number of benzene rings is 1. The molecule has 0 aliphatic heterocycles. The van der Waals surface area contributed by atoms with E-state index < -0.39 is 5.41 Å². The first-order chi connectivity index (χ1) is 15.3. The van der Waals surface area contributed by atoms with E-state index in [1.807, 2.05) is 31.2 Å². The van der Waals surface area contributed by atoms with Gasteiger partial charge in [0, 0.05) is 6.54 Å². The first-order valence-corrected chi connectivity index (χ1v) is 11.0. The molecule has 0 radical (unpaired) electrons. The third-order valence-corrected chi connectivity index (χ3v) is 6.03. The van der Waals surface area contributed by atoms with Crippen LogP contribution >= 0.6 is 0 Å². The molecular formula is C27H38N2O3. The highest BCUT2D eigenvalue weighted by Gasteiger charge is 2.36. The highest BCUT2D eigenvalue weighted by Crippen LogP contribution is 2.40. The lowest BCUT2D eigenvalue weighted by molar-refractivity contribution is 0.292. The second-order valence-corrected chi connectivity index (χ2v) is 8.19. The van der Waals surface area contributed by atoms with Crippen LogP contribution in [0.3, 0.4) is 0 Å². The minimum absolute atomic E-state index is 0.159. The Hall–Kier alpha value is -2.89. The maximum Gasteiger partial charge on any atom is 0.169 e. The molecule has 0 N–H and O–H groups in total. The van der Waals surface area contributed by atoms with Gasteiger partial charge in [0.25, 0.3) is 0 Å². The Bertz CT molecular complexity index is 874. The smallest absolute Gasteiger partial charge is 0.169 e. The maximum absolute atomic E-state index is 10.2. The van der Waals surface area contributed by atoms with Crippen molar-refractivity contribution in [2.45, 2.75) is 45.4 Å². The van der Waals surface area contributed by atoms with Crippen molar-refractivity contribution in [2.75, 3.05) is 41.5 Å². The summed E-state index contributed by atoms with van der Waals surface area (Å²) in [5.74, 6) is 4.55. The number of nitriles is 1. The van der Waals surface area contributed by atoms with Gasteiger partial charge in [-0.05, 0) is 81.0 Å². The van der Waals surface area contributed by atoms with Crippen LogP contribution in [0.1, 0.15) is 45.6 Å². The summed E-state index contributed by atoms with van der Waals surface area (Å²) in [4.78, 5) is 2.29. The van der Waals surface area contributed by atoms with E-state index in [2.05, 4.69) is 43.9 Å². The SMILES string of the molecule is C#C/C(=C\C(=C/C)CCN(C)CCCC(C#N)(c1ccc(OC)c(OC)c1)C(C)C)OC. The topological polar surface area (TPSA) is 54.7 Å². The number of nitrogens with zero attached hydrogens (tertiary/aromatic N) is 2. The lowest BCUT2D eigenvalue weighted by atomic mass is 9.69. The highest BCUT2D eigenvalue weighted by molar-refractivity contribution is 5.47. The van der Waals surface area contributed by atoms with Crippen LogP contribution in [-0.2, 0) is 10.2 Å². The summed E-state index contributed by atoms with van der Waals surface area (Å²) in [5.41, 5.74) is 1.53. The van der Waals surface area contributed by atoms with Gasteiger partial charge in [-0.1, -0.05) is 26.0 Å². The van der Waals surface area contributed by atoms with E-state index in [4.69, 9.17) is 20.6 Å². The molecule has 5 nitrogen and oxygen atoms in total. The molecule has 1 rings (SSSR count). The van der Waals surface area contributed by atoms with Crippen molar-refractivity contribution in [3.8, 4) is 29.9 Å². The molecule has 0 amide bonds. The minimum Gasteiger partial charge on any atom is -0.493 e. The third-order valence-electron chi connectivity index (χ3n) is 6.03. The number of terminal acetylenes is 1. The van der Waals surface area contributed by atoms with Crippen LogP contribution in [0.5, 0.6) is 11.5 Å². The van der Waals surface area contributed by atoms with E-state index in [0.29, 0.717) is 17.3 Å². The average Bonchev–Trinajstić information content (AvgIpc) is 2.81. The van der Waals surface area contributed by atoms with Gasteiger partial charge in [-0.2, -0.15) is 5.26 Å². The van der Waals surface area contributed by atoms with Crippen molar-refractivity contribution in [3.05, 3.63) is 47.2 Å². The molecule has 0 heterocycles. The van der Waals surface area contributed by atoms with E-state index in [0.717, 1.165) is 43.5 Å². The maximum atomic E-state index is 10.2. The number of allylic oxidation sites excluding steroid dienone is 3. The summed E-state index contributed by atoms with van der Waals surface area (Å²) in [6, 6.07) is 8.43. The van der Waals surface area contributed by atoms with Crippen molar-refractivity contribution >= 4 is 0 Å². The fraction of sp³-hybridized carbons (Fsp3) is 0.519. The number of ether oxygens (including phenoxy) is 3. The van der Waals surface area contributed by atoms with Crippen LogP contribution in [-0.4, -0.2) is 46.4 Å². The van der Waals surface area contributed by atoms with Crippen LogP contribution in [0.4, 0.5) is 0 Å². The van der Waals surface area contributed by atoms with E-state index in [1.165, 1.54) is 0 Å². The van der Waals surface area contributed by atoms with Crippen LogP contribution in [0.15, 0.2) is 41.7 Å². The molecule has 1 atom stereocenters. The molecule has 5 heteroatoms. The molecule has 0 saturated heterocycles. The van der Waals surface area contributed by atoms with Gasteiger partial charge < -0.3 is 19.1 Å². The normalized spacial score (nSPS) is 14.0. The summed E-state index contributed by atoms with van der Waals surface area (Å²) < 4.78 is 16.0.